The lowest BCUT2D eigenvalue weighted by Gasteiger charge is -2.44. The topological polar surface area (TPSA) is 75.3 Å². The third-order valence-corrected chi connectivity index (χ3v) is 2.76. The van der Waals surface area contributed by atoms with Crippen LogP contribution in [0.25, 0.3) is 0 Å². The van der Waals surface area contributed by atoms with Gasteiger partial charge in [-0.2, -0.15) is 0 Å². The summed E-state index contributed by atoms with van der Waals surface area (Å²) in [6.45, 7) is 2.03. The van der Waals surface area contributed by atoms with Gasteiger partial charge in [-0.3, -0.25) is 14.7 Å². The van der Waals surface area contributed by atoms with Crippen LogP contribution in [0, 0.1) is 0 Å². The highest BCUT2D eigenvalue weighted by molar-refractivity contribution is 5.76. The minimum absolute atomic E-state index is 0.291. The smallest absolute Gasteiger partial charge is 0.231 e. The van der Waals surface area contributed by atoms with Crippen LogP contribution in [0.15, 0.2) is 18.6 Å². The molecule has 2 rings (SSSR count). The zero-order valence-electron chi connectivity index (χ0n) is 9.21. The van der Waals surface area contributed by atoms with E-state index in [4.69, 9.17) is 5.73 Å². The summed E-state index contributed by atoms with van der Waals surface area (Å²) >= 11 is 0. The van der Waals surface area contributed by atoms with Crippen LogP contribution in [0.5, 0.6) is 0 Å². The molecular formula is C10H15N5O. The molecule has 2 N–H and O–H groups in total. The molecule has 86 valence electrons. The summed E-state index contributed by atoms with van der Waals surface area (Å²) in [6, 6.07) is 0.370. The predicted octanol–water partition coefficient (Wildman–Crippen LogP) is -0.918. The number of rotatable bonds is 4. The van der Waals surface area contributed by atoms with Gasteiger partial charge in [0.05, 0.1) is 12.7 Å². The highest BCUT2D eigenvalue weighted by Crippen LogP contribution is 2.19. The van der Waals surface area contributed by atoms with Crippen molar-refractivity contribution in [2.45, 2.75) is 6.04 Å². The van der Waals surface area contributed by atoms with Gasteiger partial charge in [0.1, 0.15) is 5.82 Å². The van der Waals surface area contributed by atoms with Crippen molar-refractivity contribution in [1.82, 2.24) is 14.9 Å². The Morgan fingerprint density at radius 2 is 2.38 bits per heavy atom. The number of carbonyl (C=O) groups excluding carboxylic acids is 1. The van der Waals surface area contributed by atoms with E-state index in [1.807, 2.05) is 11.9 Å². The average molecular weight is 221 g/mol. The van der Waals surface area contributed by atoms with Crippen LogP contribution in [0.4, 0.5) is 5.82 Å². The maximum absolute atomic E-state index is 10.8. The summed E-state index contributed by atoms with van der Waals surface area (Å²) < 4.78 is 0. The molecule has 0 bridgehead atoms. The van der Waals surface area contributed by atoms with Crippen LogP contribution in [0.2, 0.25) is 0 Å². The molecule has 1 aliphatic rings. The van der Waals surface area contributed by atoms with E-state index in [1.54, 1.807) is 18.6 Å². The maximum Gasteiger partial charge on any atom is 0.231 e. The highest BCUT2D eigenvalue weighted by atomic mass is 16.1. The minimum atomic E-state index is -0.291. The second kappa shape index (κ2) is 4.44. The summed E-state index contributed by atoms with van der Waals surface area (Å²) in [5.74, 6) is 0.590. The Labute approximate surface area is 94.1 Å². The number of hydrogen-bond donors (Lipinski definition) is 1. The van der Waals surface area contributed by atoms with Crippen LogP contribution in [-0.2, 0) is 4.79 Å². The van der Waals surface area contributed by atoms with Crippen molar-refractivity contribution in [3.63, 3.8) is 0 Å². The fraction of sp³-hybridized carbons (Fsp3) is 0.500. The lowest BCUT2D eigenvalue weighted by Crippen LogP contribution is -2.59. The number of nitrogens with zero attached hydrogens (tertiary/aromatic N) is 4. The van der Waals surface area contributed by atoms with Crippen molar-refractivity contribution in [3.8, 4) is 0 Å². The molecule has 1 aromatic rings. The van der Waals surface area contributed by atoms with Gasteiger partial charge in [-0.15, -0.1) is 0 Å². The molecule has 1 aliphatic heterocycles. The van der Waals surface area contributed by atoms with Gasteiger partial charge >= 0.3 is 0 Å². The van der Waals surface area contributed by atoms with E-state index in [1.165, 1.54) is 0 Å². The average Bonchev–Trinajstić information content (AvgIpc) is 2.15. The number of amides is 1. The third-order valence-electron chi connectivity index (χ3n) is 2.76. The summed E-state index contributed by atoms with van der Waals surface area (Å²) in [5.41, 5.74) is 5.14. The van der Waals surface area contributed by atoms with Gasteiger partial charge in [0.2, 0.25) is 5.91 Å². The first-order valence-corrected chi connectivity index (χ1v) is 5.16. The zero-order valence-corrected chi connectivity index (χ0v) is 9.21. The van der Waals surface area contributed by atoms with E-state index >= 15 is 0 Å². The molecule has 0 aliphatic carbocycles. The standard InChI is InChI=1S/C10H15N5O/c1-14(7-9(11)16)8-5-15(6-8)10-4-12-2-3-13-10/h2-4,8H,5-7H2,1H3,(H2,11,16). The predicted molar refractivity (Wildman–Crippen MR) is 59.9 cm³/mol. The van der Waals surface area contributed by atoms with Crippen molar-refractivity contribution < 1.29 is 4.79 Å². The van der Waals surface area contributed by atoms with Crippen molar-refractivity contribution in [2.75, 3.05) is 31.6 Å². The Hall–Kier alpha value is -1.69. The third kappa shape index (κ3) is 2.27. The Kier molecular flexibility index (Phi) is 3.00. The molecule has 6 heteroatoms. The van der Waals surface area contributed by atoms with Gasteiger partial charge in [-0.05, 0) is 7.05 Å². The largest absolute Gasteiger partial charge is 0.369 e. The zero-order chi connectivity index (χ0) is 11.5. The lowest BCUT2D eigenvalue weighted by molar-refractivity contribution is -0.119. The second-order valence-electron chi connectivity index (χ2n) is 4.00. The number of nitrogens with two attached hydrogens (primary N) is 1. The van der Waals surface area contributed by atoms with Gasteiger partial charge in [-0.25, -0.2) is 4.98 Å². The molecule has 1 fully saturated rings. The molecule has 2 heterocycles. The van der Waals surface area contributed by atoms with E-state index in [-0.39, 0.29) is 5.91 Å². The molecule has 16 heavy (non-hydrogen) atoms. The minimum Gasteiger partial charge on any atom is -0.369 e. The SMILES string of the molecule is CN(CC(N)=O)C1CN(c2cnccn2)C1. The van der Waals surface area contributed by atoms with Crippen LogP contribution >= 0.6 is 0 Å². The fourth-order valence-corrected chi connectivity index (χ4v) is 1.75. The van der Waals surface area contributed by atoms with Crippen LogP contribution in [0.3, 0.4) is 0 Å². The molecular weight excluding hydrogens is 206 g/mol. The first kappa shape index (κ1) is 10.8. The Bertz CT molecular complexity index is 363. The Morgan fingerprint density at radius 1 is 1.62 bits per heavy atom. The van der Waals surface area contributed by atoms with Gasteiger partial charge in [0, 0.05) is 31.5 Å². The molecule has 1 saturated heterocycles. The molecule has 0 unspecified atom stereocenters. The summed E-state index contributed by atoms with van der Waals surface area (Å²) in [5, 5.41) is 0. The van der Waals surface area contributed by atoms with Gasteiger partial charge < -0.3 is 10.6 Å². The Morgan fingerprint density at radius 3 is 2.94 bits per heavy atom. The van der Waals surface area contributed by atoms with Crippen LogP contribution in [-0.4, -0.2) is 53.5 Å². The number of anilines is 1. The second-order valence-corrected chi connectivity index (χ2v) is 4.00. The van der Waals surface area contributed by atoms with E-state index in [9.17, 15) is 4.79 Å². The molecule has 0 spiro atoms. The number of primary amides is 1. The normalized spacial score (nSPS) is 16.2. The van der Waals surface area contributed by atoms with Crippen molar-refractivity contribution in [2.24, 2.45) is 5.73 Å². The quantitative estimate of drug-likeness (QED) is 0.712. The summed E-state index contributed by atoms with van der Waals surface area (Å²) in [6.07, 6.45) is 5.07. The number of likely N-dealkylation sites (N-methyl/N-ethyl adjacent to an activating group) is 1. The van der Waals surface area contributed by atoms with E-state index in [0.717, 1.165) is 18.9 Å². The van der Waals surface area contributed by atoms with Crippen molar-refractivity contribution >= 4 is 11.7 Å². The first-order chi connectivity index (χ1) is 7.66. The molecule has 6 nitrogen and oxygen atoms in total. The molecule has 0 saturated carbocycles. The molecule has 0 radical (unpaired) electrons. The molecule has 1 aromatic heterocycles. The first-order valence-electron chi connectivity index (χ1n) is 5.16. The molecule has 1 amide bonds. The number of aromatic nitrogens is 2. The number of hydrogen-bond acceptors (Lipinski definition) is 5. The summed E-state index contributed by atoms with van der Waals surface area (Å²) in [4.78, 5) is 23.1. The fourth-order valence-electron chi connectivity index (χ4n) is 1.75. The summed E-state index contributed by atoms with van der Waals surface area (Å²) in [7, 11) is 1.91. The highest BCUT2D eigenvalue weighted by Gasteiger charge is 2.31. The van der Waals surface area contributed by atoms with Crippen molar-refractivity contribution in [3.05, 3.63) is 18.6 Å². The van der Waals surface area contributed by atoms with E-state index in [0.29, 0.717) is 12.6 Å². The van der Waals surface area contributed by atoms with Gasteiger partial charge in [0.25, 0.3) is 0 Å². The van der Waals surface area contributed by atoms with Crippen LogP contribution in [0.1, 0.15) is 0 Å². The maximum atomic E-state index is 10.8. The molecule has 0 atom stereocenters. The van der Waals surface area contributed by atoms with E-state index in [2.05, 4.69) is 14.9 Å². The van der Waals surface area contributed by atoms with Gasteiger partial charge in [-0.1, -0.05) is 0 Å². The van der Waals surface area contributed by atoms with Gasteiger partial charge in [0.15, 0.2) is 0 Å². The van der Waals surface area contributed by atoms with Crippen molar-refractivity contribution in [1.29, 1.82) is 0 Å². The lowest BCUT2D eigenvalue weighted by atomic mass is 10.1. The monoisotopic (exact) mass is 221 g/mol. The van der Waals surface area contributed by atoms with Crippen LogP contribution < -0.4 is 10.6 Å². The molecule has 0 aromatic carbocycles. The number of carbonyl (C=O) groups is 1. The Balaban J connectivity index is 1.84. The van der Waals surface area contributed by atoms with E-state index < -0.39 is 0 Å².